The highest BCUT2D eigenvalue weighted by Crippen LogP contribution is 2.30. The number of unbranched alkanes of at least 4 members (excludes halogenated alkanes) is 1. The highest BCUT2D eigenvalue weighted by Gasteiger charge is 2.32. The number of anilines is 1. The monoisotopic (exact) mass is 527 g/mol. The van der Waals surface area contributed by atoms with E-state index in [4.69, 9.17) is 23.2 Å². The fraction of sp³-hybridized carbons (Fsp3) is 0.417. The summed E-state index contributed by atoms with van der Waals surface area (Å²) in [7, 11) is -3.87. The fourth-order valence-electron chi connectivity index (χ4n) is 3.48. The van der Waals surface area contributed by atoms with Crippen molar-refractivity contribution in [1.82, 2.24) is 10.2 Å². The minimum atomic E-state index is -3.87. The highest BCUT2D eigenvalue weighted by atomic mass is 35.5. The van der Waals surface area contributed by atoms with Crippen LogP contribution < -0.4 is 9.62 Å². The van der Waals surface area contributed by atoms with E-state index in [1.54, 1.807) is 0 Å². The van der Waals surface area contributed by atoms with Crippen molar-refractivity contribution in [3.05, 3.63) is 64.1 Å². The summed E-state index contributed by atoms with van der Waals surface area (Å²) in [5, 5.41) is 3.33. The van der Waals surface area contributed by atoms with E-state index < -0.39 is 28.5 Å². The van der Waals surface area contributed by atoms with Gasteiger partial charge in [-0.05, 0) is 36.6 Å². The van der Waals surface area contributed by atoms with Gasteiger partial charge in [0.05, 0.1) is 17.0 Å². The Morgan fingerprint density at radius 2 is 1.74 bits per heavy atom. The van der Waals surface area contributed by atoms with E-state index >= 15 is 0 Å². The van der Waals surface area contributed by atoms with Gasteiger partial charge in [-0.25, -0.2) is 8.42 Å². The van der Waals surface area contributed by atoms with Crippen LogP contribution >= 0.6 is 23.2 Å². The lowest BCUT2D eigenvalue weighted by Crippen LogP contribution is -2.52. The van der Waals surface area contributed by atoms with Gasteiger partial charge in [0.2, 0.25) is 21.8 Å². The van der Waals surface area contributed by atoms with Crippen molar-refractivity contribution in [2.24, 2.45) is 0 Å². The third kappa shape index (κ3) is 7.89. The van der Waals surface area contributed by atoms with Gasteiger partial charge in [-0.1, -0.05) is 73.8 Å². The van der Waals surface area contributed by atoms with Crippen molar-refractivity contribution < 1.29 is 18.0 Å². The van der Waals surface area contributed by atoms with E-state index in [-0.39, 0.29) is 23.2 Å². The zero-order valence-corrected chi connectivity index (χ0v) is 22.0. The Balaban J connectivity index is 2.40. The fourth-order valence-corrected chi connectivity index (χ4v) is 4.91. The summed E-state index contributed by atoms with van der Waals surface area (Å²) in [5.74, 6) is -0.784. The molecule has 0 fully saturated rings. The first-order valence-corrected chi connectivity index (χ1v) is 13.7. The maximum Gasteiger partial charge on any atom is 0.244 e. The number of carbonyl (C=O) groups excluding carboxylic acids is 2. The van der Waals surface area contributed by atoms with Crippen LogP contribution in [0, 0.1) is 0 Å². The van der Waals surface area contributed by atoms with Gasteiger partial charge in [-0.2, -0.15) is 0 Å². The van der Waals surface area contributed by atoms with Crippen LogP contribution in [0.5, 0.6) is 0 Å². The van der Waals surface area contributed by atoms with Crippen molar-refractivity contribution in [1.29, 1.82) is 0 Å². The summed E-state index contributed by atoms with van der Waals surface area (Å²) in [4.78, 5) is 27.9. The van der Waals surface area contributed by atoms with Crippen molar-refractivity contribution in [3.8, 4) is 0 Å². The molecule has 2 rings (SSSR count). The molecule has 34 heavy (non-hydrogen) atoms. The Kier molecular flexibility index (Phi) is 10.7. The second-order valence-corrected chi connectivity index (χ2v) is 10.7. The number of benzene rings is 2. The predicted molar refractivity (Wildman–Crippen MR) is 138 cm³/mol. The van der Waals surface area contributed by atoms with E-state index in [0.717, 1.165) is 29.0 Å². The zero-order chi connectivity index (χ0) is 25.3. The molecule has 186 valence electrons. The molecule has 0 bridgehead atoms. The normalized spacial score (nSPS) is 12.1. The third-order valence-electron chi connectivity index (χ3n) is 5.27. The zero-order valence-electron chi connectivity index (χ0n) is 19.6. The number of halogens is 2. The Labute approximate surface area is 212 Å². The average Bonchev–Trinajstić information content (AvgIpc) is 2.78. The largest absolute Gasteiger partial charge is 0.354 e. The molecule has 0 aliphatic heterocycles. The van der Waals surface area contributed by atoms with Crippen LogP contribution in [-0.4, -0.2) is 50.5 Å². The first-order chi connectivity index (χ1) is 16.1. The molecule has 2 amide bonds. The van der Waals surface area contributed by atoms with Gasteiger partial charge in [-0.3, -0.25) is 13.9 Å². The Morgan fingerprint density at radius 3 is 2.29 bits per heavy atom. The molecular weight excluding hydrogens is 497 g/mol. The molecule has 0 radical (unpaired) electrons. The molecule has 0 saturated carbocycles. The number of hydrogen-bond acceptors (Lipinski definition) is 4. The van der Waals surface area contributed by atoms with Gasteiger partial charge in [0, 0.05) is 18.1 Å². The lowest BCUT2D eigenvalue weighted by atomic mass is 10.1. The van der Waals surface area contributed by atoms with Gasteiger partial charge >= 0.3 is 0 Å². The molecule has 0 aliphatic carbocycles. The summed E-state index contributed by atoms with van der Waals surface area (Å²) in [6.07, 6.45) is 3.12. The van der Waals surface area contributed by atoms with Gasteiger partial charge in [-0.15, -0.1) is 0 Å². The van der Waals surface area contributed by atoms with Gasteiger partial charge in [0.1, 0.15) is 12.6 Å². The summed E-state index contributed by atoms with van der Waals surface area (Å²) in [6, 6.07) is 12.9. The topological polar surface area (TPSA) is 86.8 Å². The van der Waals surface area contributed by atoms with Crippen molar-refractivity contribution in [2.75, 3.05) is 23.7 Å². The van der Waals surface area contributed by atoms with Crippen LogP contribution in [0.25, 0.3) is 0 Å². The van der Waals surface area contributed by atoms with Crippen molar-refractivity contribution in [3.63, 3.8) is 0 Å². The summed E-state index contributed by atoms with van der Waals surface area (Å²) in [5.41, 5.74) is 0.966. The molecule has 2 aromatic rings. The molecule has 0 heterocycles. The molecular formula is C24H31Cl2N3O4S. The van der Waals surface area contributed by atoms with Crippen molar-refractivity contribution in [2.45, 2.75) is 45.7 Å². The van der Waals surface area contributed by atoms with E-state index in [9.17, 15) is 18.0 Å². The molecule has 0 spiro atoms. The minimum Gasteiger partial charge on any atom is -0.354 e. The first-order valence-electron chi connectivity index (χ1n) is 11.1. The number of nitrogens with zero attached hydrogens (tertiary/aromatic N) is 2. The molecule has 1 N–H and O–H groups in total. The molecule has 0 aliphatic rings. The second kappa shape index (κ2) is 13.0. The van der Waals surface area contributed by atoms with Crippen molar-refractivity contribution >= 4 is 50.7 Å². The van der Waals surface area contributed by atoms with Crippen LogP contribution in [-0.2, 0) is 26.2 Å². The average molecular weight is 529 g/mol. The van der Waals surface area contributed by atoms with Crippen LogP contribution in [0.2, 0.25) is 10.0 Å². The number of carbonyl (C=O) groups is 2. The van der Waals surface area contributed by atoms with Crippen LogP contribution in [0.15, 0.2) is 48.5 Å². The van der Waals surface area contributed by atoms with Gasteiger partial charge < -0.3 is 10.2 Å². The molecule has 0 aromatic heterocycles. The number of sulfonamides is 1. The van der Waals surface area contributed by atoms with Gasteiger partial charge in [0.15, 0.2) is 0 Å². The van der Waals surface area contributed by atoms with Crippen LogP contribution in [0.1, 0.15) is 38.7 Å². The number of hydrogen-bond donors (Lipinski definition) is 1. The molecule has 10 heteroatoms. The predicted octanol–water partition coefficient (Wildman–Crippen LogP) is 4.48. The maximum atomic E-state index is 13.6. The standard InChI is InChI=1S/C24H31Cl2N3O4S/c1-4-6-14-27-24(31)21(5-2)28(16-18-10-8-7-9-11-18)23(30)17-29(34(3,32)33)22-13-12-19(25)15-20(22)26/h7-13,15,21H,4-6,14,16-17H2,1-3H3,(H,27,31)/t21-/m0/s1. The summed E-state index contributed by atoms with van der Waals surface area (Å²) >= 11 is 12.2. The maximum absolute atomic E-state index is 13.6. The smallest absolute Gasteiger partial charge is 0.244 e. The molecule has 2 aromatic carbocycles. The molecule has 0 unspecified atom stereocenters. The number of nitrogens with one attached hydrogen (secondary N) is 1. The Morgan fingerprint density at radius 1 is 1.06 bits per heavy atom. The highest BCUT2D eigenvalue weighted by molar-refractivity contribution is 7.92. The Hall–Kier alpha value is -2.29. The lowest BCUT2D eigenvalue weighted by Gasteiger charge is -2.33. The first kappa shape index (κ1) is 28.0. The number of rotatable bonds is 12. The van der Waals surface area contributed by atoms with E-state index in [2.05, 4.69) is 5.32 Å². The quantitative estimate of drug-likeness (QED) is 0.412. The van der Waals surface area contributed by atoms with E-state index in [1.165, 1.54) is 23.1 Å². The Bertz CT molecular complexity index is 1080. The van der Waals surface area contributed by atoms with E-state index in [1.807, 2.05) is 44.2 Å². The molecule has 7 nitrogen and oxygen atoms in total. The van der Waals surface area contributed by atoms with E-state index in [0.29, 0.717) is 18.0 Å². The summed E-state index contributed by atoms with van der Waals surface area (Å²) < 4.78 is 26.2. The van der Waals surface area contributed by atoms with Crippen LogP contribution in [0.3, 0.4) is 0 Å². The summed E-state index contributed by atoms with van der Waals surface area (Å²) in [6.45, 7) is 4.00. The van der Waals surface area contributed by atoms with Crippen LogP contribution in [0.4, 0.5) is 5.69 Å². The minimum absolute atomic E-state index is 0.102. The number of amides is 2. The SMILES string of the molecule is CCCCNC(=O)[C@H](CC)N(Cc1ccccc1)C(=O)CN(c1ccc(Cl)cc1Cl)S(C)(=O)=O. The molecule has 0 saturated heterocycles. The lowest BCUT2D eigenvalue weighted by molar-refractivity contribution is -0.140. The van der Waals surface area contributed by atoms with Gasteiger partial charge in [0.25, 0.3) is 0 Å². The third-order valence-corrected chi connectivity index (χ3v) is 6.93. The second-order valence-electron chi connectivity index (χ2n) is 7.94. The molecule has 1 atom stereocenters.